The summed E-state index contributed by atoms with van der Waals surface area (Å²) in [7, 11) is 0. The number of piperazine rings is 1. The molecule has 0 saturated carbocycles. The number of nitrogens with zero attached hydrogens (tertiary/aromatic N) is 4. The van der Waals surface area contributed by atoms with Crippen LogP contribution in [0.25, 0.3) is 0 Å². The maximum absolute atomic E-state index is 13.8. The number of halogens is 1. The highest BCUT2D eigenvalue weighted by molar-refractivity contribution is 5.75. The van der Waals surface area contributed by atoms with Crippen molar-refractivity contribution in [3.8, 4) is 6.07 Å². The molecule has 186 valence electrons. The fourth-order valence-electron chi connectivity index (χ4n) is 5.11. The first-order valence-corrected chi connectivity index (χ1v) is 12.4. The molecule has 4 rings (SSSR count). The zero-order chi connectivity index (χ0) is 24.8. The van der Waals surface area contributed by atoms with Crippen LogP contribution in [0.1, 0.15) is 30.9 Å². The second-order valence-electron chi connectivity index (χ2n) is 9.65. The van der Waals surface area contributed by atoms with Crippen LogP contribution in [0.5, 0.6) is 0 Å². The lowest BCUT2D eigenvalue weighted by atomic mass is 9.91. The Kier molecular flexibility index (Phi) is 8.21. The normalized spacial score (nSPS) is 20.3. The molecular formula is C27H34FN5O2. The molecular weight excluding hydrogens is 445 g/mol. The molecule has 0 radical (unpaired) electrons. The van der Waals surface area contributed by atoms with Crippen LogP contribution in [0.3, 0.4) is 0 Å². The summed E-state index contributed by atoms with van der Waals surface area (Å²) in [5.41, 5.74) is 2.24. The van der Waals surface area contributed by atoms with Crippen molar-refractivity contribution in [3.63, 3.8) is 0 Å². The Labute approximate surface area is 206 Å². The molecule has 2 N–H and O–H groups in total. The topological polar surface area (TPSA) is 82.8 Å². The van der Waals surface area contributed by atoms with Gasteiger partial charge in [-0.3, -0.25) is 4.90 Å². The Bertz CT molecular complexity index is 1040. The van der Waals surface area contributed by atoms with Gasteiger partial charge in [0.1, 0.15) is 5.82 Å². The van der Waals surface area contributed by atoms with Crippen LogP contribution in [0.4, 0.5) is 14.9 Å². The van der Waals surface area contributed by atoms with E-state index in [1.54, 1.807) is 11.0 Å². The predicted octanol–water partition coefficient (Wildman–Crippen LogP) is 3.19. The van der Waals surface area contributed by atoms with Gasteiger partial charge < -0.3 is 20.2 Å². The van der Waals surface area contributed by atoms with Crippen molar-refractivity contribution in [2.45, 2.75) is 38.5 Å². The van der Waals surface area contributed by atoms with Crippen molar-refractivity contribution < 1.29 is 14.3 Å². The van der Waals surface area contributed by atoms with E-state index in [0.29, 0.717) is 25.3 Å². The van der Waals surface area contributed by atoms with E-state index in [1.165, 1.54) is 17.7 Å². The Morgan fingerprint density at radius 2 is 1.91 bits per heavy atom. The van der Waals surface area contributed by atoms with Gasteiger partial charge in [0.2, 0.25) is 0 Å². The highest BCUT2D eigenvalue weighted by Gasteiger charge is 2.30. The van der Waals surface area contributed by atoms with Crippen LogP contribution in [-0.4, -0.2) is 72.4 Å². The fourth-order valence-corrected chi connectivity index (χ4v) is 5.11. The molecule has 0 unspecified atom stereocenters. The number of hydrogen-bond acceptors (Lipinski definition) is 5. The first kappa shape index (κ1) is 25.0. The highest BCUT2D eigenvalue weighted by atomic mass is 19.1. The van der Waals surface area contributed by atoms with Gasteiger partial charge in [-0.15, -0.1) is 0 Å². The first-order chi connectivity index (χ1) is 16.9. The van der Waals surface area contributed by atoms with Gasteiger partial charge in [0.05, 0.1) is 17.7 Å². The van der Waals surface area contributed by atoms with Crippen molar-refractivity contribution in [1.29, 1.82) is 5.26 Å². The summed E-state index contributed by atoms with van der Waals surface area (Å²) in [6, 6.07) is 16.4. The molecule has 0 aromatic heterocycles. The van der Waals surface area contributed by atoms with E-state index in [0.717, 1.165) is 32.5 Å². The van der Waals surface area contributed by atoms with Gasteiger partial charge in [0, 0.05) is 44.5 Å². The van der Waals surface area contributed by atoms with E-state index in [2.05, 4.69) is 34.5 Å². The molecule has 2 saturated heterocycles. The number of amides is 2. The number of likely N-dealkylation sites (tertiary alicyclic amines) is 1. The number of rotatable bonds is 6. The molecule has 2 fully saturated rings. The van der Waals surface area contributed by atoms with Crippen LogP contribution in [0.2, 0.25) is 0 Å². The zero-order valence-corrected chi connectivity index (χ0v) is 20.2. The molecule has 2 atom stereocenters. The summed E-state index contributed by atoms with van der Waals surface area (Å²) in [4.78, 5) is 19.0. The number of aliphatic hydroxyl groups excluding tert-OH is 1. The number of piperidine rings is 1. The molecule has 8 heteroatoms. The summed E-state index contributed by atoms with van der Waals surface area (Å²) in [6.45, 7) is 6.59. The van der Waals surface area contributed by atoms with E-state index < -0.39 is 11.9 Å². The van der Waals surface area contributed by atoms with E-state index in [9.17, 15) is 14.3 Å². The number of benzene rings is 2. The average molecular weight is 480 g/mol. The van der Waals surface area contributed by atoms with Crippen LogP contribution >= 0.6 is 0 Å². The molecule has 2 aliphatic rings. The van der Waals surface area contributed by atoms with Gasteiger partial charge in [-0.05, 0) is 62.5 Å². The minimum absolute atomic E-state index is 0.0871. The monoisotopic (exact) mass is 479 g/mol. The van der Waals surface area contributed by atoms with E-state index in [4.69, 9.17) is 5.26 Å². The standard InChI is InChI=1S/C27H34FN5O2/c1-20-18-32(25-14-22(16-29)13-24(28)15-25)11-12-33(20)27(35)30-17-26(34)23-7-9-31(10-8-23)19-21-5-3-2-4-6-21/h2-6,13-15,20,23,26,34H,7-12,17-19H2,1H3,(H,30,35)/t20-,26+/m1/s1. The van der Waals surface area contributed by atoms with Gasteiger partial charge in [0.15, 0.2) is 0 Å². The zero-order valence-electron chi connectivity index (χ0n) is 20.2. The predicted molar refractivity (Wildman–Crippen MR) is 133 cm³/mol. The molecule has 7 nitrogen and oxygen atoms in total. The average Bonchev–Trinajstić information content (AvgIpc) is 2.87. The minimum atomic E-state index is -0.564. The van der Waals surface area contributed by atoms with Crippen molar-refractivity contribution in [2.24, 2.45) is 5.92 Å². The van der Waals surface area contributed by atoms with Crippen molar-refractivity contribution in [3.05, 3.63) is 65.5 Å². The van der Waals surface area contributed by atoms with Crippen LogP contribution in [-0.2, 0) is 6.54 Å². The second kappa shape index (κ2) is 11.5. The Morgan fingerprint density at radius 1 is 1.17 bits per heavy atom. The van der Waals surface area contributed by atoms with Gasteiger partial charge in [-0.25, -0.2) is 9.18 Å². The van der Waals surface area contributed by atoms with E-state index in [1.807, 2.05) is 24.0 Å². The van der Waals surface area contributed by atoms with Gasteiger partial charge >= 0.3 is 6.03 Å². The Morgan fingerprint density at radius 3 is 2.60 bits per heavy atom. The summed E-state index contributed by atoms with van der Waals surface area (Å²) in [6.07, 6.45) is 1.26. The number of nitriles is 1. The van der Waals surface area contributed by atoms with Crippen LogP contribution in [0, 0.1) is 23.1 Å². The number of carbonyl (C=O) groups excluding carboxylic acids is 1. The number of aliphatic hydroxyl groups is 1. The summed E-state index contributed by atoms with van der Waals surface area (Å²) >= 11 is 0. The van der Waals surface area contributed by atoms with E-state index in [-0.39, 0.29) is 30.1 Å². The van der Waals surface area contributed by atoms with E-state index >= 15 is 0 Å². The Hall–Kier alpha value is -3.15. The Balaban J connectivity index is 1.21. The van der Waals surface area contributed by atoms with Crippen molar-refractivity contribution in [1.82, 2.24) is 15.1 Å². The third-order valence-corrected chi connectivity index (χ3v) is 7.15. The van der Waals surface area contributed by atoms with Gasteiger partial charge in [0.25, 0.3) is 0 Å². The molecule has 2 heterocycles. The summed E-state index contributed by atoms with van der Waals surface area (Å²) in [5.74, 6) is -0.259. The second-order valence-corrected chi connectivity index (χ2v) is 9.65. The summed E-state index contributed by atoms with van der Waals surface area (Å²) < 4.78 is 13.8. The smallest absolute Gasteiger partial charge is 0.317 e. The van der Waals surface area contributed by atoms with Gasteiger partial charge in [-0.2, -0.15) is 5.26 Å². The molecule has 2 amide bonds. The minimum Gasteiger partial charge on any atom is -0.391 e. The third-order valence-electron chi connectivity index (χ3n) is 7.15. The largest absolute Gasteiger partial charge is 0.391 e. The number of carbonyl (C=O) groups is 1. The lowest BCUT2D eigenvalue weighted by molar-refractivity contribution is 0.0570. The molecule has 2 aromatic carbocycles. The molecule has 0 spiro atoms. The summed E-state index contributed by atoms with van der Waals surface area (Å²) in [5, 5.41) is 22.7. The fraction of sp³-hybridized carbons (Fsp3) is 0.481. The number of hydrogen-bond donors (Lipinski definition) is 2. The number of urea groups is 1. The first-order valence-electron chi connectivity index (χ1n) is 12.4. The molecule has 35 heavy (non-hydrogen) atoms. The number of nitrogens with one attached hydrogen (secondary N) is 1. The van der Waals surface area contributed by atoms with Crippen LogP contribution in [0.15, 0.2) is 48.5 Å². The third kappa shape index (κ3) is 6.50. The maximum Gasteiger partial charge on any atom is 0.317 e. The number of anilines is 1. The van der Waals surface area contributed by atoms with Crippen molar-refractivity contribution in [2.75, 3.05) is 44.2 Å². The van der Waals surface area contributed by atoms with Gasteiger partial charge in [-0.1, -0.05) is 30.3 Å². The maximum atomic E-state index is 13.8. The molecule has 0 aliphatic carbocycles. The highest BCUT2D eigenvalue weighted by Crippen LogP contribution is 2.24. The van der Waals surface area contributed by atoms with Crippen molar-refractivity contribution >= 4 is 11.7 Å². The lowest BCUT2D eigenvalue weighted by Gasteiger charge is -2.41. The molecule has 0 bridgehead atoms. The lowest BCUT2D eigenvalue weighted by Crippen LogP contribution is -2.57. The SMILES string of the molecule is C[C@@H]1CN(c2cc(F)cc(C#N)c2)CCN1C(=O)NC[C@H](O)C1CCN(Cc2ccccc2)CC1. The molecule has 2 aromatic rings. The quantitative estimate of drug-likeness (QED) is 0.665. The van der Waals surface area contributed by atoms with Crippen LogP contribution < -0.4 is 10.2 Å². The molecule has 2 aliphatic heterocycles.